The minimum Gasteiger partial charge on any atom is -0.375 e. The summed E-state index contributed by atoms with van der Waals surface area (Å²) in [4.78, 5) is 11.2. The van der Waals surface area contributed by atoms with Gasteiger partial charge in [0.25, 0.3) is 6.43 Å². The van der Waals surface area contributed by atoms with Crippen molar-refractivity contribution in [2.24, 2.45) is 10.2 Å². The maximum atomic E-state index is 12.9. The van der Waals surface area contributed by atoms with Gasteiger partial charge in [-0.05, 0) is 55.4 Å². The lowest BCUT2D eigenvalue weighted by Crippen LogP contribution is -2.50. The van der Waals surface area contributed by atoms with Crippen molar-refractivity contribution in [1.82, 2.24) is 14.8 Å². The van der Waals surface area contributed by atoms with Gasteiger partial charge in [0, 0.05) is 63.1 Å². The van der Waals surface area contributed by atoms with Gasteiger partial charge in [-0.1, -0.05) is 13.0 Å². The highest BCUT2D eigenvalue weighted by Gasteiger charge is 2.26. The number of hydrogen-bond acceptors (Lipinski definition) is 6. The molecule has 5 rings (SSSR count). The Kier molecular flexibility index (Phi) is 8.74. The molecule has 3 heterocycles. The molecule has 1 saturated heterocycles. The summed E-state index contributed by atoms with van der Waals surface area (Å²) >= 11 is 0. The molecule has 0 bridgehead atoms. The molecule has 0 radical (unpaired) electrons. The van der Waals surface area contributed by atoms with E-state index in [9.17, 15) is 13.2 Å². The minimum atomic E-state index is -2.58. The summed E-state index contributed by atoms with van der Waals surface area (Å²) in [5, 5.41) is 7.29. The summed E-state index contributed by atoms with van der Waals surface area (Å²) in [6, 6.07) is 10.7. The van der Waals surface area contributed by atoms with Gasteiger partial charge in [0.15, 0.2) is 0 Å². The molecule has 1 aromatic carbocycles. The van der Waals surface area contributed by atoms with Gasteiger partial charge in [0.1, 0.15) is 11.5 Å². The highest BCUT2D eigenvalue weighted by molar-refractivity contribution is 6.15. The second-order valence-corrected chi connectivity index (χ2v) is 9.33. The lowest BCUT2D eigenvalue weighted by Gasteiger charge is -2.42. The first-order valence-electron chi connectivity index (χ1n) is 12.4. The van der Waals surface area contributed by atoms with Crippen molar-refractivity contribution in [2.45, 2.75) is 44.7 Å². The van der Waals surface area contributed by atoms with Crippen LogP contribution in [0, 0.1) is 5.82 Å². The molecular weight excluding hydrogens is 465 g/mol. The van der Waals surface area contributed by atoms with E-state index in [1.807, 2.05) is 24.2 Å². The highest BCUT2D eigenvalue weighted by Crippen LogP contribution is 2.25. The van der Waals surface area contributed by atoms with Crippen molar-refractivity contribution >= 4 is 17.1 Å². The predicted octanol–water partition coefficient (Wildman–Crippen LogP) is 4.97. The minimum absolute atomic E-state index is 0.0498. The molecular formula is C27H33F3N6. The number of benzene rings is 1. The third-order valence-corrected chi connectivity index (χ3v) is 6.92. The standard InChI is InChI=1S/C17H15F3N4.C10H18N2/c1-24(14-6-3-12(18)4-7-14)10-13-5-2-11(9-21-13)15-8-16(17(19)20)23-22-15;1-2-11-6-8-12(9-7-11)10-4-3-5-10/h2-7,9,17H,8,10H2,1H3;2,10H,1,3-9H2. The van der Waals surface area contributed by atoms with E-state index < -0.39 is 6.43 Å². The molecule has 1 saturated carbocycles. The summed E-state index contributed by atoms with van der Waals surface area (Å²) < 4.78 is 38.1. The lowest BCUT2D eigenvalue weighted by atomic mass is 9.91. The maximum Gasteiger partial charge on any atom is 0.278 e. The number of piperazine rings is 1. The van der Waals surface area contributed by atoms with Gasteiger partial charge in [-0.3, -0.25) is 9.88 Å². The SMILES string of the molecule is C=CN1CCN(C2CCC2)CC1.CN(Cc1ccc(C2=NN=C(C(F)F)C2)cn1)c1ccc(F)cc1. The number of halogens is 3. The topological polar surface area (TPSA) is 47.3 Å². The Balaban J connectivity index is 0.000000211. The first kappa shape index (κ1) is 25.9. The summed E-state index contributed by atoms with van der Waals surface area (Å²) in [6.07, 6.45) is 5.38. The van der Waals surface area contributed by atoms with Gasteiger partial charge in [-0.2, -0.15) is 10.2 Å². The average molecular weight is 499 g/mol. The molecule has 1 aromatic heterocycles. The van der Waals surface area contributed by atoms with Crippen LogP contribution in [0.25, 0.3) is 0 Å². The summed E-state index contributed by atoms with van der Waals surface area (Å²) in [5.74, 6) is -0.280. The summed E-state index contributed by atoms with van der Waals surface area (Å²) in [6.45, 7) is 9.19. The predicted molar refractivity (Wildman–Crippen MR) is 138 cm³/mol. The molecule has 2 aliphatic heterocycles. The Morgan fingerprint density at radius 1 is 1.06 bits per heavy atom. The number of aromatic nitrogens is 1. The fourth-order valence-electron chi connectivity index (χ4n) is 4.40. The molecule has 1 aliphatic carbocycles. The van der Waals surface area contributed by atoms with Crippen LogP contribution in [-0.4, -0.2) is 71.9 Å². The number of nitrogens with zero attached hydrogens (tertiary/aromatic N) is 6. The van der Waals surface area contributed by atoms with Crippen LogP contribution < -0.4 is 4.90 Å². The molecule has 6 nitrogen and oxygen atoms in total. The Labute approximate surface area is 210 Å². The van der Waals surface area contributed by atoms with Crippen LogP contribution in [0.5, 0.6) is 0 Å². The summed E-state index contributed by atoms with van der Waals surface area (Å²) in [5.41, 5.74) is 2.64. The van der Waals surface area contributed by atoms with E-state index in [0.29, 0.717) is 17.8 Å². The first-order valence-corrected chi connectivity index (χ1v) is 12.4. The molecule has 3 aliphatic rings. The van der Waals surface area contributed by atoms with Gasteiger partial charge < -0.3 is 9.80 Å². The van der Waals surface area contributed by atoms with Crippen LogP contribution in [0.2, 0.25) is 0 Å². The number of anilines is 1. The smallest absolute Gasteiger partial charge is 0.278 e. The van der Waals surface area contributed by atoms with E-state index in [0.717, 1.165) is 17.4 Å². The van der Waals surface area contributed by atoms with Gasteiger partial charge in [0.2, 0.25) is 0 Å². The van der Waals surface area contributed by atoms with Crippen LogP contribution in [-0.2, 0) is 6.54 Å². The lowest BCUT2D eigenvalue weighted by molar-refractivity contribution is 0.0792. The van der Waals surface area contributed by atoms with Crippen LogP contribution in [0.15, 0.2) is 65.6 Å². The number of rotatable bonds is 7. The summed E-state index contributed by atoms with van der Waals surface area (Å²) in [7, 11) is 1.88. The van der Waals surface area contributed by atoms with Gasteiger partial charge in [-0.15, -0.1) is 0 Å². The molecule has 36 heavy (non-hydrogen) atoms. The molecule has 0 spiro atoms. The van der Waals surface area contributed by atoms with Crippen molar-refractivity contribution in [3.8, 4) is 0 Å². The van der Waals surface area contributed by atoms with Gasteiger partial charge >= 0.3 is 0 Å². The number of alkyl halides is 2. The second-order valence-electron chi connectivity index (χ2n) is 9.33. The normalized spacial score (nSPS) is 18.2. The Hall–Kier alpha value is -3.20. The maximum absolute atomic E-state index is 12.9. The van der Waals surface area contributed by atoms with Crippen molar-refractivity contribution in [1.29, 1.82) is 0 Å². The number of hydrogen-bond donors (Lipinski definition) is 0. The zero-order valence-corrected chi connectivity index (χ0v) is 20.7. The highest BCUT2D eigenvalue weighted by atomic mass is 19.3. The quantitative estimate of drug-likeness (QED) is 0.541. The molecule has 9 heteroatoms. The van der Waals surface area contributed by atoms with Crippen LogP contribution >= 0.6 is 0 Å². The largest absolute Gasteiger partial charge is 0.375 e. The average Bonchev–Trinajstić information content (AvgIpc) is 3.36. The monoisotopic (exact) mass is 498 g/mol. The molecule has 0 N–H and O–H groups in total. The fraction of sp³-hybridized carbons (Fsp3) is 0.444. The van der Waals surface area contributed by atoms with Crippen molar-refractivity contribution in [2.75, 3.05) is 38.1 Å². The van der Waals surface area contributed by atoms with Crippen LogP contribution in [0.3, 0.4) is 0 Å². The second kappa shape index (κ2) is 12.2. The van der Waals surface area contributed by atoms with E-state index in [-0.39, 0.29) is 17.9 Å². The van der Waals surface area contributed by atoms with Crippen molar-refractivity contribution < 1.29 is 13.2 Å². The molecule has 0 amide bonds. The third-order valence-electron chi connectivity index (χ3n) is 6.92. The third kappa shape index (κ3) is 6.72. The van der Waals surface area contributed by atoms with E-state index in [1.165, 1.54) is 57.6 Å². The molecule has 0 unspecified atom stereocenters. The Bertz CT molecular complexity index is 1060. The van der Waals surface area contributed by atoms with Crippen molar-refractivity contribution in [3.63, 3.8) is 0 Å². The first-order chi connectivity index (χ1) is 17.4. The Morgan fingerprint density at radius 3 is 2.31 bits per heavy atom. The van der Waals surface area contributed by atoms with E-state index >= 15 is 0 Å². The van der Waals surface area contributed by atoms with Crippen molar-refractivity contribution in [3.05, 3.63) is 72.4 Å². The van der Waals surface area contributed by atoms with E-state index in [4.69, 9.17) is 0 Å². The molecule has 192 valence electrons. The molecule has 2 fully saturated rings. The molecule has 0 atom stereocenters. The van der Waals surface area contributed by atoms with Gasteiger partial charge in [-0.25, -0.2) is 13.2 Å². The van der Waals surface area contributed by atoms with E-state index in [1.54, 1.807) is 24.4 Å². The zero-order chi connectivity index (χ0) is 25.5. The zero-order valence-electron chi connectivity index (χ0n) is 20.7. The molecule has 2 aromatic rings. The Morgan fingerprint density at radius 2 is 1.78 bits per heavy atom. The van der Waals surface area contributed by atoms with Crippen LogP contribution in [0.4, 0.5) is 18.9 Å². The number of pyridine rings is 1. The fourth-order valence-corrected chi connectivity index (χ4v) is 4.40. The van der Waals surface area contributed by atoms with E-state index in [2.05, 4.69) is 31.6 Å². The van der Waals surface area contributed by atoms with Gasteiger partial charge in [0.05, 0.1) is 18.0 Å². The van der Waals surface area contributed by atoms with Crippen LogP contribution in [0.1, 0.15) is 36.9 Å².